The minimum Gasteiger partial charge on any atom is -0.308 e. The fourth-order valence-electron chi connectivity index (χ4n) is 11.1. The van der Waals surface area contributed by atoms with Gasteiger partial charge in [0.15, 0.2) is 17.5 Å². The Balaban J connectivity index is 1.06. The molecule has 0 saturated carbocycles. The highest BCUT2D eigenvalue weighted by molar-refractivity contribution is 7.91. The molecule has 0 aliphatic heterocycles. The molecular weight excluding hydrogens is 957 g/mol. The predicted molar refractivity (Wildman–Crippen MR) is 300 cm³/mol. The minimum atomic E-state index is -4.16. The molecule has 0 N–H and O–H groups in total. The van der Waals surface area contributed by atoms with Crippen LogP contribution in [0, 0.1) is 22.7 Å². The number of fused-ring (bicyclic) bond motifs is 12. The van der Waals surface area contributed by atoms with Gasteiger partial charge < -0.3 is 13.7 Å². The fourth-order valence-corrected chi connectivity index (χ4v) is 12.4. The first-order valence-corrected chi connectivity index (χ1v) is 26.1. The Kier molecular flexibility index (Phi) is 10.1. The van der Waals surface area contributed by atoms with Gasteiger partial charge in [0, 0.05) is 66.1 Å². The third-order valence-corrected chi connectivity index (χ3v) is 16.2. The lowest BCUT2D eigenvalue weighted by Crippen LogP contribution is -2.05. The first-order chi connectivity index (χ1) is 37.4. The molecule has 0 unspecified atom stereocenters. The van der Waals surface area contributed by atoms with Crippen molar-refractivity contribution in [2.24, 2.45) is 0 Å². The van der Waals surface area contributed by atoms with Crippen molar-refractivity contribution in [1.82, 2.24) is 28.7 Å². The highest BCUT2D eigenvalue weighted by Gasteiger charge is 2.30. The highest BCUT2D eigenvalue weighted by atomic mass is 32.2. The van der Waals surface area contributed by atoms with E-state index >= 15 is 0 Å². The molecule has 4 aromatic heterocycles. The zero-order chi connectivity index (χ0) is 51.1. The van der Waals surface area contributed by atoms with Gasteiger partial charge in [-0.25, -0.2) is 23.4 Å². The van der Waals surface area contributed by atoms with Crippen molar-refractivity contribution in [3.05, 3.63) is 242 Å². The van der Waals surface area contributed by atoms with Gasteiger partial charge in [0.25, 0.3) is 0 Å². The first-order valence-electron chi connectivity index (χ1n) is 24.6. The molecule has 0 bridgehead atoms. The van der Waals surface area contributed by atoms with E-state index in [0.717, 1.165) is 99.2 Å². The number of sulfone groups is 1. The standard InChI is InChI=1S/C65H38N8O2S/c66-39-41-28-37-56(45(38-41)40-67)76(74,75)49-35-33-48(34-36-49)73-55-27-15-12-24-52(55)58-60-57(50-22-10-13-25-53(50)71(60)46-20-8-3-9-21-46)61-59(62(58)73)51-23-11-14-26-54(51)72(61)47-31-29-44(30-32-47)65-69-63(42-16-4-1-5-17-42)68-64(70-65)43-18-6-2-7-19-43/h1-38H. The van der Waals surface area contributed by atoms with E-state index in [-0.39, 0.29) is 20.9 Å². The van der Waals surface area contributed by atoms with Crippen LogP contribution in [-0.2, 0) is 9.84 Å². The van der Waals surface area contributed by atoms with E-state index in [1.807, 2.05) is 97.1 Å². The maximum Gasteiger partial charge on any atom is 0.207 e. The molecule has 0 radical (unpaired) electrons. The van der Waals surface area contributed by atoms with Crippen LogP contribution >= 0.6 is 0 Å². The van der Waals surface area contributed by atoms with Crippen LogP contribution in [0.25, 0.3) is 117 Å². The van der Waals surface area contributed by atoms with Gasteiger partial charge in [-0.2, -0.15) is 10.5 Å². The van der Waals surface area contributed by atoms with E-state index in [2.05, 4.69) is 129 Å². The van der Waals surface area contributed by atoms with Gasteiger partial charge in [0.1, 0.15) is 6.07 Å². The Labute approximate surface area is 435 Å². The zero-order valence-electron chi connectivity index (χ0n) is 40.2. The summed E-state index contributed by atoms with van der Waals surface area (Å²) in [5.74, 6) is 1.73. The second-order valence-corrected chi connectivity index (χ2v) is 20.5. The van der Waals surface area contributed by atoms with Gasteiger partial charge in [0.05, 0.1) is 60.1 Å². The topological polar surface area (TPSA) is 135 Å². The lowest BCUT2D eigenvalue weighted by molar-refractivity contribution is 0.596. The molecular formula is C65H38N8O2S. The molecule has 76 heavy (non-hydrogen) atoms. The lowest BCUT2D eigenvalue weighted by atomic mass is 10.0. The van der Waals surface area contributed by atoms with E-state index in [1.165, 1.54) is 18.2 Å². The molecule has 10 nitrogen and oxygen atoms in total. The van der Waals surface area contributed by atoms with E-state index in [4.69, 9.17) is 15.0 Å². The molecule has 4 heterocycles. The molecule has 14 rings (SSSR count). The second kappa shape index (κ2) is 17.4. The van der Waals surface area contributed by atoms with Crippen LogP contribution in [0.2, 0.25) is 0 Å². The van der Waals surface area contributed by atoms with Crippen LogP contribution in [0.1, 0.15) is 11.1 Å². The third-order valence-electron chi connectivity index (χ3n) is 14.4. The number of benzene rings is 10. The van der Waals surface area contributed by atoms with Crippen molar-refractivity contribution in [3.8, 4) is 63.4 Å². The first kappa shape index (κ1) is 44.3. The Morgan fingerprint density at radius 1 is 0.368 bits per heavy atom. The van der Waals surface area contributed by atoms with Crippen LogP contribution < -0.4 is 0 Å². The summed E-state index contributed by atoms with van der Waals surface area (Å²) < 4.78 is 35.6. The van der Waals surface area contributed by atoms with Gasteiger partial charge in [-0.1, -0.05) is 133 Å². The van der Waals surface area contributed by atoms with Crippen molar-refractivity contribution in [2.45, 2.75) is 9.79 Å². The Hall–Kier alpha value is -10.5. The Morgan fingerprint density at radius 2 is 0.737 bits per heavy atom. The summed E-state index contributed by atoms with van der Waals surface area (Å²) >= 11 is 0. The van der Waals surface area contributed by atoms with E-state index in [0.29, 0.717) is 17.5 Å². The lowest BCUT2D eigenvalue weighted by Gasteiger charge is -2.14. The summed E-state index contributed by atoms with van der Waals surface area (Å²) in [7, 11) is -4.16. The Bertz CT molecular complexity index is 4820. The molecule has 0 fully saturated rings. The van der Waals surface area contributed by atoms with Crippen molar-refractivity contribution < 1.29 is 8.42 Å². The average molecular weight is 995 g/mol. The monoisotopic (exact) mass is 994 g/mol. The molecule has 0 amide bonds. The predicted octanol–water partition coefficient (Wildman–Crippen LogP) is 14.7. The summed E-state index contributed by atoms with van der Waals surface area (Å²) in [5.41, 5.74) is 11.4. The molecule has 0 spiro atoms. The molecule has 10 aromatic carbocycles. The molecule has 0 saturated heterocycles. The summed E-state index contributed by atoms with van der Waals surface area (Å²) in [4.78, 5) is 14.9. The SMILES string of the molecule is N#Cc1ccc(S(=O)(=O)c2ccc(-n3c4ccccc4c4c5c(c6ccccc6n5-c5ccccc5)c5c(c6ccccc6n5-c5ccc(-c6nc(-c7ccccc7)nc(-c7ccccc7)n6)cc5)c43)cc2)c(C#N)c1. The number of para-hydroxylation sites is 4. The maximum atomic E-state index is 14.3. The van der Waals surface area contributed by atoms with Gasteiger partial charge in [-0.3, -0.25) is 0 Å². The molecule has 14 aromatic rings. The fraction of sp³-hybridized carbons (Fsp3) is 0. The number of hydrogen-bond donors (Lipinski definition) is 0. The van der Waals surface area contributed by atoms with Gasteiger partial charge in [-0.15, -0.1) is 0 Å². The van der Waals surface area contributed by atoms with Crippen LogP contribution in [0.5, 0.6) is 0 Å². The maximum absolute atomic E-state index is 14.3. The van der Waals surface area contributed by atoms with Gasteiger partial charge in [0.2, 0.25) is 9.84 Å². The number of aromatic nitrogens is 6. The third kappa shape index (κ3) is 6.77. The molecule has 0 atom stereocenters. The quantitative estimate of drug-likeness (QED) is 0.148. The van der Waals surface area contributed by atoms with Crippen LogP contribution in [-0.4, -0.2) is 37.1 Å². The Morgan fingerprint density at radius 3 is 1.16 bits per heavy atom. The number of rotatable bonds is 8. The van der Waals surface area contributed by atoms with Crippen LogP contribution in [0.15, 0.2) is 240 Å². The van der Waals surface area contributed by atoms with Crippen molar-refractivity contribution >= 4 is 75.3 Å². The van der Waals surface area contributed by atoms with E-state index < -0.39 is 9.84 Å². The van der Waals surface area contributed by atoms with E-state index in [1.54, 1.807) is 12.1 Å². The molecule has 356 valence electrons. The summed E-state index contributed by atoms with van der Waals surface area (Å²) in [6.07, 6.45) is 0. The minimum absolute atomic E-state index is 0.0276. The van der Waals surface area contributed by atoms with Gasteiger partial charge >= 0.3 is 0 Å². The second-order valence-electron chi connectivity index (χ2n) is 18.6. The van der Waals surface area contributed by atoms with E-state index in [9.17, 15) is 18.9 Å². The van der Waals surface area contributed by atoms with Crippen LogP contribution in [0.3, 0.4) is 0 Å². The molecule has 11 heteroatoms. The van der Waals surface area contributed by atoms with Crippen molar-refractivity contribution in [3.63, 3.8) is 0 Å². The summed E-state index contributed by atoms with van der Waals surface area (Å²) in [5, 5.41) is 25.8. The summed E-state index contributed by atoms with van der Waals surface area (Å²) in [6, 6.07) is 79.3. The van der Waals surface area contributed by atoms with Crippen molar-refractivity contribution in [1.29, 1.82) is 10.5 Å². The smallest absolute Gasteiger partial charge is 0.207 e. The summed E-state index contributed by atoms with van der Waals surface area (Å²) in [6.45, 7) is 0. The highest BCUT2D eigenvalue weighted by Crippen LogP contribution is 2.50. The number of nitrogens with zero attached hydrogens (tertiary/aromatic N) is 8. The molecule has 0 aliphatic carbocycles. The zero-order valence-corrected chi connectivity index (χ0v) is 41.1. The number of hydrogen-bond acceptors (Lipinski definition) is 7. The van der Waals surface area contributed by atoms with Gasteiger partial charge in [-0.05, 0) is 97.1 Å². The number of nitriles is 2. The van der Waals surface area contributed by atoms with Crippen molar-refractivity contribution in [2.75, 3.05) is 0 Å². The average Bonchev–Trinajstić information content (AvgIpc) is 4.17. The largest absolute Gasteiger partial charge is 0.308 e. The molecule has 0 aliphatic rings. The normalized spacial score (nSPS) is 11.8. The van der Waals surface area contributed by atoms with Crippen LogP contribution in [0.4, 0.5) is 0 Å².